The van der Waals surface area contributed by atoms with Gasteiger partial charge in [0.1, 0.15) is 18.1 Å². The van der Waals surface area contributed by atoms with E-state index in [0.29, 0.717) is 6.61 Å². The average molecular weight is 437 g/mol. The quantitative estimate of drug-likeness (QED) is 0.408. The number of aryl methyl sites for hydroxylation is 2. The lowest BCUT2D eigenvalue weighted by molar-refractivity contribution is -0.115. The number of benzene rings is 3. The Bertz CT molecular complexity index is 1280. The summed E-state index contributed by atoms with van der Waals surface area (Å²) < 4.78 is 11.0. The summed E-state index contributed by atoms with van der Waals surface area (Å²) in [6, 6.07) is 24.9. The smallest absolute Gasteiger partial charge is 0.228 e. The summed E-state index contributed by atoms with van der Waals surface area (Å²) in [6.07, 6.45) is 0.268. The summed E-state index contributed by atoms with van der Waals surface area (Å²) in [7, 11) is 0. The number of hydrogen-bond donors (Lipinski definition) is 1. The number of amides is 1. The Balaban J connectivity index is 1.32. The van der Waals surface area contributed by atoms with Crippen LogP contribution in [0.15, 0.2) is 83.4 Å². The minimum atomic E-state index is -0.0902. The van der Waals surface area contributed by atoms with Crippen LogP contribution >= 0.6 is 0 Å². The van der Waals surface area contributed by atoms with Gasteiger partial charge in [-0.05, 0) is 61.9 Å². The summed E-state index contributed by atoms with van der Waals surface area (Å²) >= 11 is 0. The first-order chi connectivity index (χ1) is 16.1. The molecular formula is C28H24N2O3. The van der Waals surface area contributed by atoms with Crippen molar-refractivity contribution in [3.8, 4) is 17.6 Å². The van der Waals surface area contributed by atoms with E-state index in [1.807, 2.05) is 92.7 Å². The second-order valence-electron chi connectivity index (χ2n) is 7.66. The number of ether oxygens (including phenoxy) is 1. The summed E-state index contributed by atoms with van der Waals surface area (Å²) in [4.78, 5) is 12.5. The van der Waals surface area contributed by atoms with Crippen LogP contribution in [0, 0.1) is 25.7 Å². The third-order valence-corrected chi connectivity index (χ3v) is 5.12. The van der Waals surface area contributed by atoms with Gasteiger partial charge < -0.3 is 14.6 Å². The van der Waals surface area contributed by atoms with E-state index in [4.69, 9.17) is 9.26 Å². The summed E-state index contributed by atoms with van der Waals surface area (Å²) in [5, 5.41) is 6.88. The molecule has 5 nitrogen and oxygen atoms in total. The lowest BCUT2D eigenvalue weighted by Gasteiger charge is -2.08. The molecule has 4 aromatic rings. The van der Waals surface area contributed by atoms with Crippen LogP contribution in [0.1, 0.15) is 33.7 Å². The van der Waals surface area contributed by atoms with Crippen molar-refractivity contribution < 1.29 is 14.1 Å². The fraction of sp³-hybridized carbons (Fsp3) is 0.143. The van der Waals surface area contributed by atoms with Gasteiger partial charge in [0.05, 0.1) is 17.7 Å². The van der Waals surface area contributed by atoms with Gasteiger partial charge in [0.2, 0.25) is 5.91 Å². The first-order valence-corrected chi connectivity index (χ1v) is 10.7. The highest BCUT2D eigenvalue weighted by atomic mass is 16.5. The zero-order chi connectivity index (χ0) is 23.0. The molecule has 33 heavy (non-hydrogen) atoms. The number of hydrogen-bond acceptors (Lipinski definition) is 4. The minimum Gasteiger partial charge on any atom is -0.489 e. The van der Waals surface area contributed by atoms with Crippen LogP contribution in [-0.4, -0.2) is 11.1 Å². The van der Waals surface area contributed by atoms with Crippen molar-refractivity contribution in [2.75, 3.05) is 5.32 Å². The lowest BCUT2D eigenvalue weighted by Crippen LogP contribution is -2.14. The van der Waals surface area contributed by atoms with E-state index in [1.165, 1.54) is 0 Å². The molecule has 0 aliphatic heterocycles. The van der Waals surface area contributed by atoms with Crippen LogP contribution < -0.4 is 10.1 Å². The van der Waals surface area contributed by atoms with Gasteiger partial charge >= 0.3 is 0 Å². The molecule has 0 aliphatic carbocycles. The Morgan fingerprint density at radius 2 is 1.67 bits per heavy atom. The van der Waals surface area contributed by atoms with Crippen LogP contribution in [0.5, 0.6) is 5.75 Å². The molecule has 0 bridgehead atoms. The Morgan fingerprint density at radius 3 is 2.39 bits per heavy atom. The van der Waals surface area contributed by atoms with E-state index in [9.17, 15) is 4.79 Å². The monoisotopic (exact) mass is 436 g/mol. The molecule has 0 fully saturated rings. The minimum absolute atomic E-state index is 0.0902. The molecule has 164 valence electrons. The Morgan fingerprint density at radius 1 is 0.939 bits per heavy atom. The van der Waals surface area contributed by atoms with Gasteiger partial charge in [0.15, 0.2) is 0 Å². The van der Waals surface area contributed by atoms with Gasteiger partial charge in [-0.1, -0.05) is 53.4 Å². The molecular weight excluding hydrogens is 412 g/mol. The van der Waals surface area contributed by atoms with Crippen molar-refractivity contribution in [3.63, 3.8) is 0 Å². The van der Waals surface area contributed by atoms with Gasteiger partial charge in [-0.15, -0.1) is 0 Å². The first kappa shape index (κ1) is 21.9. The fourth-order valence-electron chi connectivity index (χ4n) is 3.30. The molecule has 4 rings (SSSR count). The normalized spacial score (nSPS) is 10.2. The van der Waals surface area contributed by atoms with Crippen molar-refractivity contribution >= 4 is 11.6 Å². The predicted octanol–water partition coefficient (Wildman–Crippen LogP) is 5.45. The molecule has 1 heterocycles. The van der Waals surface area contributed by atoms with Crippen LogP contribution in [0.25, 0.3) is 0 Å². The number of anilines is 1. The number of carbonyl (C=O) groups is 1. The van der Waals surface area contributed by atoms with Crippen molar-refractivity contribution in [2.24, 2.45) is 0 Å². The molecule has 1 N–H and O–H groups in total. The molecule has 5 heteroatoms. The molecule has 1 amide bonds. The number of aromatic nitrogens is 1. The van der Waals surface area contributed by atoms with E-state index in [2.05, 4.69) is 22.3 Å². The Labute approximate surface area is 193 Å². The van der Waals surface area contributed by atoms with Gasteiger partial charge in [0.25, 0.3) is 0 Å². The van der Waals surface area contributed by atoms with E-state index in [0.717, 1.165) is 45.1 Å². The molecule has 0 saturated heterocycles. The van der Waals surface area contributed by atoms with Crippen LogP contribution in [0.2, 0.25) is 0 Å². The molecule has 1 aromatic heterocycles. The topological polar surface area (TPSA) is 64.4 Å². The largest absolute Gasteiger partial charge is 0.489 e. The molecule has 0 saturated carbocycles. The number of carbonyl (C=O) groups excluding carboxylic acids is 1. The van der Waals surface area contributed by atoms with Gasteiger partial charge in [0, 0.05) is 16.8 Å². The molecule has 0 unspecified atom stereocenters. The van der Waals surface area contributed by atoms with E-state index in [1.54, 1.807) is 0 Å². The molecule has 0 atom stereocenters. The second kappa shape index (κ2) is 10.3. The van der Waals surface area contributed by atoms with Crippen molar-refractivity contribution in [1.82, 2.24) is 5.16 Å². The number of nitrogens with one attached hydrogen (secondary N) is 1. The van der Waals surface area contributed by atoms with E-state index >= 15 is 0 Å². The maximum Gasteiger partial charge on any atom is 0.228 e. The Hall–Kier alpha value is -4.30. The maximum atomic E-state index is 12.5. The predicted molar refractivity (Wildman–Crippen MR) is 128 cm³/mol. The van der Waals surface area contributed by atoms with Gasteiger partial charge in [-0.25, -0.2) is 0 Å². The fourth-order valence-corrected chi connectivity index (χ4v) is 3.30. The summed E-state index contributed by atoms with van der Waals surface area (Å²) in [5.41, 5.74) is 5.20. The highest BCUT2D eigenvalue weighted by molar-refractivity contribution is 5.92. The van der Waals surface area contributed by atoms with Crippen molar-refractivity contribution in [1.29, 1.82) is 0 Å². The maximum absolute atomic E-state index is 12.5. The second-order valence-corrected chi connectivity index (χ2v) is 7.66. The standard InChI is InChI=1S/C28H24N2O3/c1-20-27(21(2)33-30-20)19-32-26-15-13-24(14-16-26)18-28(31)29-25-10-6-9-23(17-25)12-11-22-7-4-3-5-8-22/h3-10,13-17H,18-19H2,1-2H3,(H,29,31). The zero-order valence-corrected chi connectivity index (χ0v) is 18.6. The number of nitrogens with zero attached hydrogens (tertiary/aromatic N) is 1. The highest BCUT2D eigenvalue weighted by Gasteiger charge is 2.10. The molecule has 3 aromatic carbocycles. The zero-order valence-electron chi connectivity index (χ0n) is 18.6. The van der Waals surface area contributed by atoms with Crippen molar-refractivity contribution in [2.45, 2.75) is 26.9 Å². The average Bonchev–Trinajstić information content (AvgIpc) is 3.15. The third kappa shape index (κ3) is 6.11. The first-order valence-electron chi connectivity index (χ1n) is 10.7. The molecule has 0 spiro atoms. The summed E-state index contributed by atoms with van der Waals surface area (Å²) in [6.45, 7) is 4.15. The SMILES string of the molecule is Cc1noc(C)c1COc1ccc(CC(=O)Nc2cccc(C#Cc3ccccc3)c2)cc1. The number of rotatable bonds is 6. The Kier molecular flexibility index (Phi) is 6.87. The van der Waals surface area contributed by atoms with Crippen LogP contribution in [0.4, 0.5) is 5.69 Å². The van der Waals surface area contributed by atoms with Gasteiger partial charge in [-0.3, -0.25) is 4.79 Å². The van der Waals surface area contributed by atoms with E-state index in [-0.39, 0.29) is 12.3 Å². The summed E-state index contributed by atoms with van der Waals surface area (Å²) in [5.74, 6) is 7.66. The van der Waals surface area contributed by atoms with E-state index < -0.39 is 0 Å². The highest BCUT2D eigenvalue weighted by Crippen LogP contribution is 2.18. The third-order valence-electron chi connectivity index (χ3n) is 5.12. The van der Waals surface area contributed by atoms with Crippen LogP contribution in [0.3, 0.4) is 0 Å². The van der Waals surface area contributed by atoms with Crippen molar-refractivity contribution in [3.05, 3.63) is 113 Å². The van der Waals surface area contributed by atoms with Gasteiger partial charge in [-0.2, -0.15) is 0 Å². The molecule has 0 radical (unpaired) electrons. The lowest BCUT2D eigenvalue weighted by atomic mass is 10.1. The van der Waals surface area contributed by atoms with Crippen LogP contribution in [-0.2, 0) is 17.8 Å². The molecule has 0 aliphatic rings.